The van der Waals surface area contributed by atoms with Gasteiger partial charge in [0.05, 0.1) is 22.6 Å². The summed E-state index contributed by atoms with van der Waals surface area (Å²) in [6, 6.07) is 79.0. The van der Waals surface area contributed by atoms with Crippen LogP contribution in [-0.2, 0) is 0 Å². The van der Waals surface area contributed by atoms with E-state index in [2.05, 4.69) is 212 Å². The number of pyridine rings is 1. The molecule has 11 aromatic rings. The topological polar surface area (TPSA) is 38.7 Å². The van der Waals surface area contributed by atoms with Crippen LogP contribution in [0, 0.1) is 0 Å². The van der Waals surface area contributed by atoms with Crippen LogP contribution in [0.2, 0.25) is 0 Å². The van der Waals surface area contributed by atoms with Crippen LogP contribution in [0.3, 0.4) is 0 Å². The van der Waals surface area contributed by atoms with Crippen LogP contribution in [0.5, 0.6) is 0 Å². The minimum Gasteiger partial charge on any atom is -0.247 e. The summed E-state index contributed by atoms with van der Waals surface area (Å²) in [5.41, 5.74) is 16.0. The molecule has 61 heavy (non-hydrogen) atoms. The molecule has 3 heterocycles. The smallest absolute Gasteiger partial charge is 0.160 e. The first-order valence-electron chi connectivity index (χ1n) is 20.5. The van der Waals surface area contributed by atoms with Gasteiger partial charge in [0, 0.05) is 48.2 Å². The highest BCUT2D eigenvalue weighted by Crippen LogP contribution is 2.50. The van der Waals surface area contributed by atoms with Gasteiger partial charge in [-0.2, -0.15) is 0 Å². The lowest BCUT2D eigenvalue weighted by Gasteiger charge is -2.13. The summed E-state index contributed by atoms with van der Waals surface area (Å²) in [5, 5.41) is 2.34. The maximum atomic E-state index is 5.34. The van der Waals surface area contributed by atoms with Crippen molar-refractivity contribution >= 4 is 32.3 Å². The van der Waals surface area contributed by atoms with Crippen molar-refractivity contribution in [2.24, 2.45) is 0 Å². The van der Waals surface area contributed by atoms with Crippen molar-refractivity contribution in [2.75, 3.05) is 0 Å². The lowest BCUT2D eigenvalue weighted by Crippen LogP contribution is -1.96. The third kappa shape index (κ3) is 6.99. The largest absolute Gasteiger partial charge is 0.247 e. The predicted molar refractivity (Wildman–Crippen MR) is 256 cm³/mol. The highest BCUT2D eigenvalue weighted by molar-refractivity contribution is 7.24. The molecule has 0 aliphatic heterocycles. The number of nitrogens with zero attached hydrogens (tertiary/aromatic N) is 3. The molecule has 8 aromatic carbocycles. The third-order valence-electron chi connectivity index (χ3n) is 11.3. The standard InChI is InChI=1S/C57H37N3S/c1-5-15-38(16-6-1)40-25-29-42(30-26-40)50-37-51(60-57(59-50)47-35-27-41(28-36-47)39-17-7-2-8-18-39)43-31-33-44(34-32-43)52-53-54(45-19-9-3-10-20-45)58-49-24-14-13-23-48(49)56(53)61-55(52)46-21-11-4-12-22-46/h1-37H. The average molecular weight is 796 g/mol. The summed E-state index contributed by atoms with van der Waals surface area (Å²) in [5.74, 6) is 0.684. The van der Waals surface area contributed by atoms with Crippen molar-refractivity contribution < 1.29 is 0 Å². The van der Waals surface area contributed by atoms with Crippen LogP contribution in [0.25, 0.3) is 110 Å². The zero-order valence-electron chi connectivity index (χ0n) is 33.1. The lowest BCUT2D eigenvalue weighted by atomic mass is 9.94. The van der Waals surface area contributed by atoms with Crippen LogP contribution in [0.1, 0.15) is 0 Å². The Morgan fingerprint density at radius 3 is 1.26 bits per heavy atom. The van der Waals surface area contributed by atoms with Crippen LogP contribution < -0.4 is 0 Å². The summed E-state index contributed by atoms with van der Waals surface area (Å²) in [6.45, 7) is 0. The van der Waals surface area contributed by atoms with Gasteiger partial charge in [-0.05, 0) is 45.5 Å². The molecule has 0 atom stereocenters. The first-order chi connectivity index (χ1) is 30.2. The molecule has 0 fully saturated rings. The monoisotopic (exact) mass is 795 g/mol. The molecule has 11 rings (SSSR count). The Bertz CT molecular complexity index is 3190. The molecule has 0 aliphatic rings. The van der Waals surface area contributed by atoms with E-state index in [9.17, 15) is 0 Å². The molecule has 0 aliphatic carbocycles. The highest BCUT2D eigenvalue weighted by Gasteiger charge is 2.23. The molecule has 0 saturated carbocycles. The van der Waals surface area contributed by atoms with Crippen LogP contribution in [0.15, 0.2) is 224 Å². The number of fused-ring (bicyclic) bond motifs is 3. The highest BCUT2D eigenvalue weighted by atomic mass is 32.1. The molecule has 0 N–H and O–H groups in total. The maximum Gasteiger partial charge on any atom is 0.160 e. The van der Waals surface area contributed by atoms with Crippen molar-refractivity contribution in [3.8, 4) is 89.0 Å². The van der Waals surface area contributed by atoms with E-state index in [-0.39, 0.29) is 0 Å². The van der Waals surface area contributed by atoms with E-state index in [0.29, 0.717) is 5.82 Å². The van der Waals surface area contributed by atoms with E-state index in [1.54, 1.807) is 0 Å². The van der Waals surface area contributed by atoms with Crippen molar-refractivity contribution in [3.05, 3.63) is 224 Å². The molecule has 0 saturated heterocycles. The summed E-state index contributed by atoms with van der Waals surface area (Å²) in [6.07, 6.45) is 0. The summed E-state index contributed by atoms with van der Waals surface area (Å²) in [4.78, 5) is 17.0. The molecule has 0 spiro atoms. The van der Waals surface area contributed by atoms with Gasteiger partial charge in [-0.3, -0.25) is 0 Å². The van der Waals surface area contributed by atoms with Gasteiger partial charge < -0.3 is 0 Å². The number of benzene rings is 8. The Balaban J connectivity index is 1.06. The minimum absolute atomic E-state index is 0.684. The fourth-order valence-electron chi connectivity index (χ4n) is 8.25. The first kappa shape index (κ1) is 36.3. The fraction of sp³-hybridized carbons (Fsp3) is 0. The maximum absolute atomic E-state index is 5.34. The van der Waals surface area contributed by atoms with E-state index < -0.39 is 0 Å². The molecule has 0 bridgehead atoms. The third-order valence-corrected chi connectivity index (χ3v) is 12.6. The predicted octanol–water partition coefficient (Wildman–Crippen LogP) is 15.6. The number of aromatic nitrogens is 3. The quantitative estimate of drug-likeness (QED) is 0.154. The summed E-state index contributed by atoms with van der Waals surface area (Å²) >= 11 is 1.85. The Kier molecular flexibility index (Phi) is 9.38. The minimum atomic E-state index is 0.684. The van der Waals surface area contributed by atoms with E-state index >= 15 is 0 Å². The normalized spacial score (nSPS) is 11.3. The SMILES string of the molecule is c1ccc(-c2ccc(-c3cc(-c4ccc(-c5c(-c6ccccc6)sc6c5c(-c5ccccc5)nc5ccccc56)cc4)nc(-c4ccc(-c5ccccc5)cc4)n3)cc2)cc1. The second kappa shape index (κ2) is 15.8. The van der Waals surface area contributed by atoms with Crippen molar-refractivity contribution in [3.63, 3.8) is 0 Å². The Morgan fingerprint density at radius 2 is 0.721 bits per heavy atom. The number of thiophene rings is 1. The van der Waals surface area contributed by atoms with Gasteiger partial charge in [-0.1, -0.05) is 212 Å². The second-order valence-electron chi connectivity index (χ2n) is 15.1. The Labute approximate surface area is 359 Å². The van der Waals surface area contributed by atoms with E-state index in [1.165, 1.54) is 42.8 Å². The number of hydrogen-bond donors (Lipinski definition) is 0. The summed E-state index contributed by atoms with van der Waals surface area (Å²) in [7, 11) is 0. The number of hydrogen-bond acceptors (Lipinski definition) is 4. The van der Waals surface area contributed by atoms with E-state index in [4.69, 9.17) is 15.0 Å². The number of para-hydroxylation sites is 1. The number of rotatable bonds is 8. The van der Waals surface area contributed by atoms with Crippen LogP contribution in [-0.4, -0.2) is 15.0 Å². The van der Waals surface area contributed by atoms with E-state index in [1.807, 2.05) is 23.5 Å². The molecular weight excluding hydrogens is 759 g/mol. The van der Waals surface area contributed by atoms with E-state index in [0.717, 1.165) is 61.4 Å². The molecule has 3 nitrogen and oxygen atoms in total. The molecule has 0 amide bonds. The molecule has 286 valence electrons. The van der Waals surface area contributed by atoms with Gasteiger partial charge in [-0.15, -0.1) is 11.3 Å². The summed E-state index contributed by atoms with van der Waals surface area (Å²) < 4.78 is 1.24. The van der Waals surface area contributed by atoms with Gasteiger partial charge in [0.25, 0.3) is 0 Å². The molecule has 4 heteroatoms. The van der Waals surface area contributed by atoms with Gasteiger partial charge in [-0.25, -0.2) is 15.0 Å². The zero-order chi connectivity index (χ0) is 40.5. The van der Waals surface area contributed by atoms with Crippen LogP contribution in [0.4, 0.5) is 0 Å². The second-order valence-corrected chi connectivity index (χ2v) is 16.2. The molecular formula is C57H37N3S. The Morgan fingerprint density at radius 1 is 0.311 bits per heavy atom. The van der Waals surface area contributed by atoms with Crippen molar-refractivity contribution in [2.45, 2.75) is 0 Å². The Hall–Kier alpha value is -7.79. The van der Waals surface area contributed by atoms with Gasteiger partial charge in [0.1, 0.15) is 0 Å². The average Bonchev–Trinajstić information content (AvgIpc) is 3.76. The molecule has 3 aromatic heterocycles. The van der Waals surface area contributed by atoms with Gasteiger partial charge in [0.15, 0.2) is 5.82 Å². The van der Waals surface area contributed by atoms with Crippen molar-refractivity contribution in [1.82, 2.24) is 15.0 Å². The molecule has 0 radical (unpaired) electrons. The first-order valence-corrected chi connectivity index (χ1v) is 21.3. The zero-order valence-corrected chi connectivity index (χ0v) is 33.9. The van der Waals surface area contributed by atoms with Gasteiger partial charge in [0.2, 0.25) is 0 Å². The van der Waals surface area contributed by atoms with Crippen molar-refractivity contribution in [1.29, 1.82) is 0 Å². The van der Waals surface area contributed by atoms with Gasteiger partial charge >= 0.3 is 0 Å². The lowest BCUT2D eigenvalue weighted by molar-refractivity contribution is 1.18. The molecule has 0 unspecified atom stereocenters. The fourth-order valence-corrected chi connectivity index (χ4v) is 9.61. The van der Waals surface area contributed by atoms with Crippen LogP contribution >= 0.6 is 11.3 Å².